The molecule has 1 aromatic carbocycles. The van der Waals surface area contributed by atoms with Gasteiger partial charge >= 0.3 is 6.03 Å². The van der Waals surface area contributed by atoms with Crippen LogP contribution in [0.2, 0.25) is 0 Å². The summed E-state index contributed by atoms with van der Waals surface area (Å²) >= 11 is 0. The smallest absolute Gasteiger partial charge is 0.321 e. The van der Waals surface area contributed by atoms with Gasteiger partial charge in [0.25, 0.3) is 0 Å². The Hall–Kier alpha value is -1.59. The lowest BCUT2D eigenvalue weighted by atomic mass is 9.92. The van der Waals surface area contributed by atoms with Crippen molar-refractivity contribution in [2.24, 2.45) is 5.92 Å². The maximum Gasteiger partial charge on any atom is 0.321 e. The Morgan fingerprint density at radius 3 is 2.75 bits per heavy atom. The number of fused-ring (bicyclic) bond motifs is 1. The lowest BCUT2D eigenvalue weighted by Crippen LogP contribution is -2.41. The zero-order chi connectivity index (χ0) is 16.9. The van der Waals surface area contributed by atoms with E-state index < -0.39 is 0 Å². The second kappa shape index (κ2) is 7.99. The standard InChI is InChI=1S/C19H29N3O2/c1-21(2)9-3-4-15-7-10-22(11-8-15)19(23)20-18-6-5-16-13-24-14-17(16)12-18/h5-6,12,15H,3-4,7-11,13-14H2,1-2H3,(H,20,23). The Balaban J connectivity index is 1.44. The van der Waals surface area contributed by atoms with E-state index in [0.717, 1.165) is 44.1 Å². The van der Waals surface area contributed by atoms with Crippen LogP contribution in [0.25, 0.3) is 0 Å². The molecule has 5 nitrogen and oxygen atoms in total. The molecule has 0 aromatic heterocycles. The van der Waals surface area contributed by atoms with Crippen molar-refractivity contribution < 1.29 is 9.53 Å². The Morgan fingerprint density at radius 1 is 1.25 bits per heavy atom. The van der Waals surface area contributed by atoms with Crippen molar-refractivity contribution in [1.29, 1.82) is 0 Å². The number of hydrogen-bond donors (Lipinski definition) is 1. The number of urea groups is 1. The highest BCUT2D eigenvalue weighted by molar-refractivity contribution is 5.89. The van der Waals surface area contributed by atoms with E-state index in [1.165, 1.54) is 24.0 Å². The van der Waals surface area contributed by atoms with Crippen LogP contribution in [0.3, 0.4) is 0 Å². The molecule has 2 aliphatic heterocycles. The first-order valence-corrected chi connectivity index (χ1v) is 9.02. The normalized spacial score (nSPS) is 18.0. The van der Waals surface area contributed by atoms with Crippen LogP contribution in [-0.4, -0.2) is 49.6 Å². The van der Waals surface area contributed by atoms with Crippen molar-refractivity contribution in [2.75, 3.05) is 39.0 Å². The molecule has 5 heteroatoms. The highest BCUT2D eigenvalue weighted by Crippen LogP contribution is 2.25. The minimum Gasteiger partial charge on any atom is -0.372 e. The average Bonchev–Trinajstić information content (AvgIpc) is 3.03. The molecule has 0 atom stereocenters. The topological polar surface area (TPSA) is 44.8 Å². The van der Waals surface area contributed by atoms with Gasteiger partial charge in [-0.05, 0) is 75.5 Å². The van der Waals surface area contributed by atoms with Gasteiger partial charge in [-0.3, -0.25) is 0 Å². The summed E-state index contributed by atoms with van der Waals surface area (Å²) in [5.74, 6) is 0.770. The Kier molecular flexibility index (Phi) is 5.74. The fourth-order valence-corrected chi connectivity index (χ4v) is 3.57. The highest BCUT2D eigenvalue weighted by Gasteiger charge is 2.23. The van der Waals surface area contributed by atoms with Gasteiger partial charge in [-0.25, -0.2) is 4.79 Å². The third kappa shape index (κ3) is 4.48. The van der Waals surface area contributed by atoms with Crippen LogP contribution in [0.4, 0.5) is 10.5 Å². The Labute approximate surface area is 145 Å². The molecule has 1 saturated heterocycles. The zero-order valence-corrected chi connectivity index (χ0v) is 14.9. The molecule has 0 bridgehead atoms. The van der Waals surface area contributed by atoms with E-state index in [2.05, 4.69) is 30.4 Å². The molecular formula is C19H29N3O2. The lowest BCUT2D eigenvalue weighted by Gasteiger charge is -2.32. The number of likely N-dealkylation sites (tertiary alicyclic amines) is 1. The van der Waals surface area contributed by atoms with Crippen molar-refractivity contribution in [3.8, 4) is 0 Å². The number of hydrogen-bond acceptors (Lipinski definition) is 3. The molecule has 0 spiro atoms. The number of carbonyl (C=O) groups excluding carboxylic acids is 1. The molecule has 1 aromatic rings. The van der Waals surface area contributed by atoms with Gasteiger partial charge in [0.05, 0.1) is 13.2 Å². The molecule has 2 heterocycles. The van der Waals surface area contributed by atoms with Crippen LogP contribution in [0.15, 0.2) is 18.2 Å². The summed E-state index contributed by atoms with van der Waals surface area (Å²) in [6.45, 7) is 4.23. The largest absolute Gasteiger partial charge is 0.372 e. The van der Waals surface area contributed by atoms with E-state index in [9.17, 15) is 4.79 Å². The van der Waals surface area contributed by atoms with Crippen LogP contribution in [0.5, 0.6) is 0 Å². The van der Waals surface area contributed by atoms with Crippen molar-refractivity contribution in [1.82, 2.24) is 9.80 Å². The van der Waals surface area contributed by atoms with E-state index in [1.807, 2.05) is 17.0 Å². The van der Waals surface area contributed by atoms with E-state index >= 15 is 0 Å². The summed E-state index contributed by atoms with van der Waals surface area (Å²) in [7, 11) is 4.25. The van der Waals surface area contributed by atoms with E-state index in [4.69, 9.17) is 4.74 Å². The predicted octanol–water partition coefficient (Wildman–Crippen LogP) is 3.30. The van der Waals surface area contributed by atoms with Gasteiger partial charge in [-0.15, -0.1) is 0 Å². The molecule has 1 fully saturated rings. The molecular weight excluding hydrogens is 302 g/mol. The highest BCUT2D eigenvalue weighted by atomic mass is 16.5. The Morgan fingerprint density at radius 2 is 2.00 bits per heavy atom. The quantitative estimate of drug-likeness (QED) is 0.900. The van der Waals surface area contributed by atoms with E-state index in [1.54, 1.807) is 0 Å². The maximum atomic E-state index is 12.5. The number of benzene rings is 1. The molecule has 1 N–H and O–H groups in total. The fraction of sp³-hybridized carbons (Fsp3) is 0.632. The van der Waals surface area contributed by atoms with Gasteiger partial charge in [0.2, 0.25) is 0 Å². The molecule has 132 valence electrons. The number of rotatable bonds is 5. The third-order valence-electron chi connectivity index (χ3n) is 5.09. The molecule has 24 heavy (non-hydrogen) atoms. The number of carbonyl (C=O) groups is 1. The monoisotopic (exact) mass is 331 g/mol. The van der Waals surface area contributed by atoms with Crippen LogP contribution in [0.1, 0.15) is 36.8 Å². The van der Waals surface area contributed by atoms with Crippen LogP contribution >= 0.6 is 0 Å². The van der Waals surface area contributed by atoms with Crippen molar-refractivity contribution in [3.63, 3.8) is 0 Å². The Bertz CT molecular complexity index is 566. The lowest BCUT2D eigenvalue weighted by molar-refractivity contribution is 0.134. The number of anilines is 1. The van der Waals surface area contributed by atoms with Gasteiger partial charge in [0.15, 0.2) is 0 Å². The summed E-state index contributed by atoms with van der Waals surface area (Å²) < 4.78 is 5.42. The summed E-state index contributed by atoms with van der Waals surface area (Å²) in [4.78, 5) is 16.6. The summed E-state index contributed by atoms with van der Waals surface area (Å²) in [5, 5.41) is 3.04. The fourth-order valence-electron chi connectivity index (χ4n) is 3.57. The molecule has 0 aliphatic carbocycles. The van der Waals surface area contributed by atoms with E-state index in [0.29, 0.717) is 13.2 Å². The molecule has 2 amide bonds. The molecule has 3 rings (SSSR count). The van der Waals surface area contributed by atoms with Gasteiger partial charge in [0, 0.05) is 18.8 Å². The van der Waals surface area contributed by atoms with Crippen LogP contribution < -0.4 is 5.32 Å². The number of nitrogens with zero attached hydrogens (tertiary/aromatic N) is 2. The first kappa shape index (κ1) is 17.2. The van der Waals surface area contributed by atoms with Crippen molar-refractivity contribution in [3.05, 3.63) is 29.3 Å². The third-order valence-corrected chi connectivity index (χ3v) is 5.09. The van der Waals surface area contributed by atoms with Gasteiger partial charge < -0.3 is 19.9 Å². The summed E-state index contributed by atoms with van der Waals surface area (Å²) in [6.07, 6.45) is 4.78. The maximum absolute atomic E-state index is 12.5. The van der Waals surface area contributed by atoms with Crippen LogP contribution in [-0.2, 0) is 18.0 Å². The zero-order valence-electron chi connectivity index (χ0n) is 14.9. The van der Waals surface area contributed by atoms with Gasteiger partial charge in [-0.2, -0.15) is 0 Å². The first-order chi connectivity index (χ1) is 11.6. The molecule has 2 aliphatic rings. The van der Waals surface area contributed by atoms with Gasteiger partial charge in [0.1, 0.15) is 0 Å². The second-order valence-corrected chi connectivity index (χ2v) is 7.28. The minimum absolute atomic E-state index is 0.0283. The average molecular weight is 331 g/mol. The van der Waals surface area contributed by atoms with Crippen molar-refractivity contribution in [2.45, 2.75) is 38.9 Å². The second-order valence-electron chi connectivity index (χ2n) is 7.28. The number of amides is 2. The summed E-state index contributed by atoms with van der Waals surface area (Å²) in [6, 6.07) is 6.09. The van der Waals surface area contributed by atoms with Crippen molar-refractivity contribution >= 4 is 11.7 Å². The van der Waals surface area contributed by atoms with Crippen LogP contribution in [0, 0.1) is 5.92 Å². The molecule has 0 saturated carbocycles. The molecule has 0 radical (unpaired) electrons. The molecule has 0 unspecified atom stereocenters. The number of piperidine rings is 1. The van der Waals surface area contributed by atoms with Gasteiger partial charge in [-0.1, -0.05) is 6.07 Å². The predicted molar refractivity (Wildman–Crippen MR) is 96.0 cm³/mol. The van der Waals surface area contributed by atoms with E-state index in [-0.39, 0.29) is 6.03 Å². The first-order valence-electron chi connectivity index (χ1n) is 9.02. The summed E-state index contributed by atoms with van der Waals surface area (Å²) in [5.41, 5.74) is 3.29. The SMILES string of the molecule is CN(C)CCCC1CCN(C(=O)Nc2ccc3c(c2)COC3)CC1. The number of nitrogens with one attached hydrogen (secondary N) is 1. The number of ether oxygens (including phenoxy) is 1. The minimum atomic E-state index is 0.0283.